The highest BCUT2D eigenvalue weighted by Gasteiger charge is 2.22. The Morgan fingerprint density at radius 1 is 1.11 bits per heavy atom. The molecule has 2 aromatic rings. The second-order valence-electron chi connectivity index (χ2n) is 6.85. The molecular formula is C22H23F3O2. The number of ether oxygens (including phenoxy) is 2. The van der Waals surface area contributed by atoms with Gasteiger partial charge in [-0.25, -0.2) is 4.39 Å². The lowest BCUT2D eigenvalue weighted by Gasteiger charge is -2.29. The van der Waals surface area contributed by atoms with Crippen LogP contribution in [0.5, 0.6) is 5.75 Å². The molecule has 2 atom stereocenters. The van der Waals surface area contributed by atoms with E-state index in [0.717, 1.165) is 24.2 Å². The van der Waals surface area contributed by atoms with Crippen LogP contribution in [0.15, 0.2) is 54.8 Å². The third-order valence-electron chi connectivity index (χ3n) is 4.89. The number of rotatable bonds is 6. The summed E-state index contributed by atoms with van der Waals surface area (Å²) >= 11 is 0. The van der Waals surface area contributed by atoms with Crippen LogP contribution in [-0.2, 0) is 4.74 Å². The Hall–Kier alpha value is -2.27. The van der Waals surface area contributed by atoms with Crippen molar-refractivity contribution >= 4 is 0 Å². The summed E-state index contributed by atoms with van der Waals surface area (Å²) in [5.74, 6) is -0.262. The molecule has 0 radical (unpaired) electrons. The van der Waals surface area contributed by atoms with Gasteiger partial charge in [-0.05, 0) is 54.0 Å². The molecule has 1 heterocycles. The monoisotopic (exact) mass is 376 g/mol. The zero-order valence-corrected chi connectivity index (χ0v) is 15.3. The molecule has 2 unspecified atom stereocenters. The van der Waals surface area contributed by atoms with Crippen LogP contribution in [0, 0.1) is 11.7 Å². The number of benzene rings is 2. The van der Waals surface area contributed by atoms with Crippen molar-refractivity contribution < 1.29 is 22.6 Å². The van der Waals surface area contributed by atoms with E-state index < -0.39 is 11.9 Å². The van der Waals surface area contributed by atoms with Crippen LogP contribution in [0.1, 0.15) is 44.3 Å². The Morgan fingerprint density at radius 3 is 2.44 bits per heavy atom. The van der Waals surface area contributed by atoms with Gasteiger partial charge in [-0.1, -0.05) is 43.7 Å². The van der Waals surface area contributed by atoms with Gasteiger partial charge in [-0.3, -0.25) is 0 Å². The summed E-state index contributed by atoms with van der Waals surface area (Å²) in [6, 6.07) is 12.1. The van der Waals surface area contributed by atoms with Gasteiger partial charge in [-0.2, -0.15) is 8.78 Å². The Labute approximate surface area is 157 Å². The van der Waals surface area contributed by atoms with Gasteiger partial charge in [0.05, 0.1) is 12.7 Å². The zero-order chi connectivity index (χ0) is 19.2. The normalized spacial score (nSPS) is 19.6. The topological polar surface area (TPSA) is 18.5 Å². The summed E-state index contributed by atoms with van der Waals surface area (Å²) < 4.78 is 48.8. The van der Waals surface area contributed by atoms with Crippen molar-refractivity contribution in [2.45, 2.75) is 38.7 Å². The zero-order valence-electron chi connectivity index (χ0n) is 15.3. The van der Waals surface area contributed by atoms with Crippen molar-refractivity contribution in [3.05, 3.63) is 66.2 Å². The summed E-state index contributed by atoms with van der Waals surface area (Å²) in [6.45, 7) is 3.00. The number of hydrogen-bond donors (Lipinski definition) is 0. The van der Waals surface area contributed by atoms with Crippen LogP contribution in [0.4, 0.5) is 13.2 Å². The van der Waals surface area contributed by atoms with Gasteiger partial charge in [0.2, 0.25) is 0 Å². The maximum absolute atomic E-state index is 14.0. The molecule has 1 aliphatic rings. The second kappa shape index (κ2) is 9.09. The molecule has 1 aliphatic heterocycles. The average Bonchev–Trinajstić information content (AvgIpc) is 2.68. The lowest BCUT2D eigenvalue weighted by molar-refractivity contribution is -0.0194. The summed E-state index contributed by atoms with van der Waals surface area (Å²) in [4.78, 5) is 0. The fourth-order valence-electron chi connectivity index (χ4n) is 3.48. The standard InChI is InChI=1S/C22H23F3O2/c1-2-3-15-4-10-20(26-13-15)17-7-5-16(6-8-17)18-9-11-21(19(23)12-18)27-14-22(24)25/h5-9,11-12,14-15,20H,2-4,10,13H2,1H3. The van der Waals surface area contributed by atoms with Gasteiger partial charge < -0.3 is 9.47 Å². The molecule has 0 N–H and O–H groups in total. The van der Waals surface area contributed by atoms with Crippen LogP contribution < -0.4 is 4.74 Å². The third kappa shape index (κ3) is 5.13. The van der Waals surface area contributed by atoms with Gasteiger partial charge in [0.25, 0.3) is 0 Å². The molecule has 144 valence electrons. The molecule has 0 aliphatic carbocycles. The Kier molecular flexibility index (Phi) is 6.56. The summed E-state index contributed by atoms with van der Waals surface area (Å²) in [7, 11) is 0. The van der Waals surface area contributed by atoms with Crippen molar-refractivity contribution in [1.29, 1.82) is 0 Å². The Morgan fingerprint density at radius 2 is 1.85 bits per heavy atom. The first kappa shape index (κ1) is 19.5. The summed E-state index contributed by atoms with van der Waals surface area (Å²) in [6.07, 6.45) is 2.92. The lowest BCUT2D eigenvalue weighted by Crippen LogP contribution is -2.20. The van der Waals surface area contributed by atoms with Crippen molar-refractivity contribution in [1.82, 2.24) is 0 Å². The summed E-state index contributed by atoms with van der Waals surface area (Å²) in [5, 5.41) is 0. The predicted octanol–water partition coefficient (Wildman–Crippen LogP) is 6.88. The Balaban J connectivity index is 1.67. The molecule has 0 spiro atoms. The molecule has 2 nitrogen and oxygen atoms in total. The van der Waals surface area contributed by atoms with Crippen LogP contribution in [0.3, 0.4) is 0 Å². The number of halogens is 3. The van der Waals surface area contributed by atoms with Gasteiger partial charge in [0.1, 0.15) is 0 Å². The van der Waals surface area contributed by atoms with Crippen LogP contribution in [0.2, 0.25) is 0 Å². The molecule has 5 heteroatoms. The van der Waals surface area contributed by atoms with Crippen LogP contribution in [0.25, 0.3) is 11.1 Å². The van der Waals surface area contributed by atoms with E-state index in [9.17, 15) is 13.2 Å². The van der Waals surface area contributed by atoms with E-state index >= 15 is 0 Å². The van der Waals surface area contributed by atoms with Crippen molar-refractivity contribution in [2.24, 2.45) is 5.92 Å². The van der Waals surface area contributed by atoms with E-state index in [1.807, 2.05) is 24.3 Å². The molecule has 1 saturated heterocycles. The average molecular weight is 376 g/mol. The first-order chi connectivity index (χ1) is 13.1. The van der Waals surface area contributed by atoms with Gasteiger partial charge in [-0.15, -0.1) is 0 Å². The first-order valence-electron chi connectivity index (χ1n) is 9.26. The van der Waals surface area contributed by atoms with Crippen LogP contribution >= 0.6 is 0 Å². The largest absolute Gasteiger partial charge is 0.456 e. The SMILES string of the molecule is CCCC1CCC(c2ccc(-c3ccc(OC=C(F)F)c(F)c3)cc2)OC1. The quantitative estimate of drug-likeness (QED) is 0.512. The highest BCUT2D eigenvalue weighted by molar-refractivity contribution is 5.64. The minimum absolute atomic E-state index is 0.113. The molecular weight excluding hydrogens is 353 g/mol. The fourth-order valence-corrected chi connectivity index (χ4v) is 3.48. The lowest BCUT2D eigenvalue weighted by atomic mass is 9.91. The third-order valence-corrected chi connectivity index (χ3v) is 4.89. The minimum Gasteiger partial charge on any atom is -0.456 e. The second-order valence-corrected chi connectivity index (χ2v) is 6.85. The van der Waals surface area contributed by atoms with Gasteiger partial charge in [0.15, 0.2) is 17.8 Å². The maximum Gasteiger partial charge on any atom is 0.305 e. The predicted molar refractivity (Wildman–Crippen MR) is 99.1 cm³/mol. The molecule has 27 heavy (non-hydrogen) atoms. The molecule has 1 fully saturated rings. The molecule has 0 saturated carbocycles. The van der Waals surface area contributed by atoms with Gasteiger partial charge in [0, 0.05) is 0 Å². The van der Waals surface area contributed by atoms with E-state index in [0.29, 0.717) is 11.5 Å². The Bertz CT molecular complexity index is 775. The van der Waals surface area contributed by atoms with E-state index in [2.05, 4.69) is 11.7 Å². The molecule has 0 bridgehead atoms. The van der Waals surface area contributed by atoms with E-state index in [-0.39, 0.29) is 18.1 Å². The highest BCUT2D eigenvalue weighted by atomic mass is 19.3. The van der Waals surface area contributed by atoms with E-state index in [1.165, 1.54) is 31.4 Å². The van der Waals surface area contributed by atoms with E-state index in [1.54, 1.807) is 6.07 Å². The van der Waals surface area contributed by atoms with Crippen LogP contribution in [-0.4, -0.2) is 6.61 Å². The molecule has 0 amide bonds. The van der Waals surface area contributed by atoms with Crippen molar-refractivity contribution in [3.63, 3.8) is 0 Å². The molecule has 3 rings (SSSR count). The van der Waals surface area contributed by atoms with Crippen molar-refractivity contribution in [2.75, 3.05) is 6.61 Å². The first-order valence-corrected chi connectivity index (χ1v) is 9.26. The fraction of sp³-hybridized carbons (Fsp3) is 0.364. The molecule has 0 aromatic heterocycles. The smallest absolute Gasteiger partial charge is 0.305 e. The number of hydrogen-bond acceptors (Lipinski definition) is 2. The highest BCUT2D eigenvalue weighted by Crippen LogP contribution is 2.33. The van der Waals surface area contributed by atoms with E-state index in [4.69, 9.17) is 4.74 Å². The minimum atomic E-state index is -2.01. The molecule has 2 aromatic carbocycles. The summed E-state index contributed by atoms with van der Waals surface area (Å²) in [5.41, 5.74) is 2.62. The van der Waals surface area contributed by atoms with Gasteiger partial charge >= 0.3 is 6.08 Å². The maximum atomic E-state index is 14.0. The van der Waals surface area contributed by atoms with Crippen molar-refractivity contribution in [3.8, 4) is 16.9 Å².